The van der Waals surface area contributed by atoms with Gasteiger partial charge in [0.1, 0.15) is 5.60 Å². The van der Waals surface area contributed by atoms with E-state index in [0.717, 1.165) is 19.4 Å². The maximum Gasteiger partial charge on any atom is 0.320 e. The fourth-order valence-electron chi connectivity index (χ4n) is 1.06. The molecule has 0 aliphatic carbocycles. The summed E-state index contributed by atoms with van der Waals surface area (Å²) in [6.45, 7) is 10.1. The van der Waals surface area contributed by atoms with Crippen LogP contribution in [0.4, 0.5) is 0 Å². The zero-order chi connectivity index (χ0) is 12.4. The van der Waals surface area contributed by atoms with Gasteiger partial charge >= 0.3 is 5.97 Å². The molecule has 0 unspecified atom stereocenters. The number of carbonyl (C=O) groups is 1. The van der Waals surface area contributed by atoms with Crippen LogP contribution in [0.15, 0.2) is 0 Å². The Balaban J connectivity index is 3.28. The first-order valence-corrected chi connectivity index (χ1v) is 5.96. The van der Waals surface area contributed by atoms with Gasteiger partial charge in [-0.3, -0.25) is 4.79 Å². The molecule has 0 aromatic rings. The molecule has 0 aliphatic heterocycles. The van der Waals surface area contributed by atoms with Crippen LogP contribution in [-0.2, 0) is 14.3 Å². The van der Waals surface area contributed by atoms with Gasteiger partial charge in [0.2, 0.25) is 0 Å². The first kappa shape index (κ1) is 15.4. The van der Waals surface area contributed by atoms with Crippen molar-refractivity contribution in [2.75, 3.05) is 26.3 Å². The van der Waals surface area contributed by atoms with Gasteiger partial charge in [0.15, 0.2) is 0 Å². The molecule has 4 heteroatoms. The van der Waals surface area contributed by atoms with E-state index in [1.807, 2.05) is 20.8 Å². The number of esters is 1. The van der Waals surface area contributed by atoms with E-state index in [9.17, 15) is 4.79 Å². The number of carbonyl (C=O) groups excluding carboxylic acids is 1. The summed E-state index contributed by atoms with van der Waals surface area (Å²) in [5.74, 6) is -0.221. The lowest BCUT2D eigenvalue weighted by molar-refractivity contribution is -0.153. The van der Waals surface area contributed by atoms with Gasteiger partial charge in [-0.15, -0.1) is 0 Å². The third-order valence-corrected chi connectivity index (χ3v) is 1.75. The molecule has 0 heterocycles. The molecule has 0 aliphatic rings. The molecule has 0 fully saturated rings. The number of rotatable bonds is 8. The summed E-state index contributed by atoms with van der Waals surface area (Å²) in [4.78, 5) is 11.3. The molecule has 4 nitrogen and oxygen atoms in total. The Kier molecular flexibility index (Phi) is 8.21. The Morgan fingerprint density at radius 2 is 1.94 bits per heavy atom. The van der Waals surface area contributed by atoms with Crippen molar-refractivity contribution in [3.8, 4) is 0 Å². The average molecular weight is 231 g/mol. The van der Waals surface area contributed by atoms with Gasteiger partial charge in [-0.1, -0.05) is 13.3 Å². The standard InChI is InChI=1S/C12H25NO3/c1-5-6-8-15-9-7-13-10-11(14)16-12(2,3)4/h13H,5-10H2,1-4H3. The molecule has 0 radical (unpaired) electrons. The molecular weight excluding hydrogens is 206 g/mol. The Bertz CT molecular complexity index is 187. The highest BCUT2D eigenvalue weighted by Gasteiger charge is 2.15. The highest BCUT2D eigenvalue weighted by Crippen LogP contribution is 2.05. The first-order chi connectivity index (χ1) is 7.45. The van der Waals surface area contributed by atoms with Gasteiger partial charge in [-0.05, 0) is 27.2 Å². The van der Waals surface area contributed by atoms with E-state index in [0.29, 0.717) is 13.2 Å². The lowest BCUT2D eigenvalue weighted by Crippen LogP contribution is -2.33. The predicted molar refractivity (Wildman–Crippen MR) is 64.4 cm³/mol. The zero-order valence-electron chi connectivity index (χ0n) is 11.0. The third kappa shape index (κ3) is 11.5. The normalized spacial score (nSPS) is 11.5. The van der Waals surface area contributed by atoms with Crippen molar-refractivity contribution in [2.24, 2.45) is 0 Å². The van der Waals surface area contributed by atoms with Crippen molar-refractivity contribution in [2.45, 2.75) is 46.1 Å². The molecule has 0 aromatic heterocycles. The van der Waals surface area contributed by atoms with E-state index in [1.165, 1.54) is 0 Å². The molecular formula is C12H25NO3. The summed E-state index contributed by atoms with van der Waals surface area (Å²) in [6, 6.07) is 0. The van der Waals surface area contributed by atoms with Crippen LogP contribution in [0.5, 0.6) is 0 Å². The number of hydrogen-bond acceptors (Lipinski definition) is 4. The number of unbranched alkanes of at least 4 members (excludes halogenated alkanes) is 1. The molecule has 0 saturated heterocycles. The SMILES string of the molecule is CCCCOCCNCC(=O)OC(C)(C)C. The van der Waals surface area contributed by atoms with Crippen LogP contribution in [-0.4, -0.2) is 37.9 Å². The molecule has 1 N–H and O–H groups in total. The van der Waals surface area contributed by atoms with E-state index >= 15 is 0 Å². The van der Waals surface area contributed by atoms with Crippen molar-refractivity contribution in [3.63, 3.8) is 0 Å². The quantitative estimate of drug-likeness (QED) is 0.510. The minimum atomic E-state index is -0.406. The second kappa shape index (κ2) is 8.53. The van der Waals surface area contributed by atoms with Gasteiger partial charge in [-0.25, -0.2) is 0 Å². The lowest BCUT2D eigenvalue weighted by atomic mass is 10.2. The number of ether oxygens (including phenoxy) is 2. The highest BCUT2D eigenvalue weighted by molar-refractivity contribution is 5.72. The third-order valence-electron chi connectivity index (χ3n) is 1.75. The molecule has 16 heavy (non-hydrogen) atoms. The van der Waals surface area contributed by atoms with Crippen LogP contribution in [0.1, 0.15) is 40.5 Å². The topological polar surface area (TPSA) is 47.6 Å². The molecule has 0 spiro atoms. The summed E-state index contributed by atoms with van der Waals surface area (Å²) in [7, 11) is 0. The molecule has 0 bridgehead atoms. The molecule has 0 saturated carbocycles. The number of hydrogen-bond donors (Lipinski definition) is 1. The minimum Gasteiger partial charge on any atom is -0.459 e. The van der Waals surface area contributed by atoms with Gasteiger partial charge in [-0.2, -0.15) is 0 Å². The molecule has 0 amide bonds. The van der Waals surface area contributed by atoms with Crippen LogP contribution < -0.4 is 5.32 Å². The van der Waals surface area contributed by atoms with Gasteiger partial charge in [0, 0.05) is 13.2 Å². The van der Waals surface area contributed by atoms with E-state index in [-0.39, 0.29) is 12.5 Å². The summed E-state index contributed by atoms with van der Waals surface area (Å²) in [5.41, 5.74) is -0.406. The van der Waals surface area contributed by atoms with Gasteiger partial charge in [0.05, 0.1) is 13.2 Å². The Morgan fingerprint density at radius 1 is 1.25 bits per heavy atom. The van der Waals surface area contributed by atoms with Crippen molar-refractivity contribution >= 4 is 5.97 Å². The minimum absolute atomic E-state index is 0.221. The van der Waals surface area contributed by atoms with E-state index in [1.54, 1.807) is 0 Å². The summed E-state index contributed by atoms with van der Waals surface area (Å²) in [5, 5.41) is 2.99. The lowest BCUT2D eigenvalue weighted by Gasteiger charge is -2.19. The Morgan fingerprint density at radius 3 is 2.50 bits per heavy atom. The van der Waals surface area contributed by atoms with Crippen LogP contribution in [0.25, 0.3) is 0 Å². The van der Waals surface area contributed by atoms with Crippen molar-refractivity contribution in [1.29, 1.82) is 0 Å². The maximum atomic E-state index is 11.3. The largest absolute Gasteiger partial charge is 0.459 e. The molecule has 96 valence electrons. The highest BCUT2D eigenvalue weighted by atomic mass is 16.6. The van der Waals surface area contributed by atoms with Crippen LogP contribution >= 0.6 is 0 Å². The van der Waals surface area contributed by atoms with E-state index in [2.05, 4.69) is 12.2 Å². The number of nitrogens with one attached hydrogen (secondary N) is 1. The maximum absolute atomic E-state index is 11.3. The van der Waals surface area contributed by atoms with Crippen molar-refractivity contribution in [1.82, 2.24) is 5.32 Å². The van der Waals surface area contributed by atoms with E-state index < -0.39 is 5.60 Å². The Labute approximate surface area is 98.7 Å². The molecule has 0 rings (SSSR count). The molecule has 0 aromatic carbocycles. The summed E-state index contributed by atoms with van der Waals surface area (Å²) >= 11 is 0. The first-order valence-electron chi connectivity index (χ1n) is 5.96. The summed E-state index contributed by atoms with van der Waals surface area (Å²) < 4.78 is 10.5. The average Bonchev–Trinajstić information content (AvgIpc) is 2.13. The summed E-state index contributed by atoms with van der Waals surface area (Å²) in [6.07, 6.45) is 2.23. The second-order valence-corrected chi connectivity index (χ2v) is 4.73. The van der Waals surface area contributed by atoms with Crippen LogP contribution in [0.2, 0.25) is 0 Å². The smallest absolute Gasteiger partial charge is 0.320 e. The Hall–Kier alpha value is -0.610. The fraction of sp³-hybridized carbons (Fsp3) is 0.917. The zero-order valence-corrected chi connectivity index (χ0v) is 11.0. The van der Waals surface area contributed by atoms with Crippen molar-refractivity contribution < 1.29 is 14.3 Å². The monoisotopic (exact) mass is 231 g/mol. The predicted octanol–water partition coefficient (Wildman–Crippen LogP) is 1.73. The molecule has 0 atom stereocenters. The van der Waals surface area contributed by atoms with Gasteiger partial charge in [0.25, 0.3) is 0 Å². The van der Waals surface area contributed by atoms with E-state index in [4.69, 9.17) is 9.47 Å². The van der Waals surface area contributed by atoms with Gasteiger partial charge < -0.3 is 14.8 Å². The van der Waals surface area contributed by atoms with Crippen LogP contribution in [0.3, 0.4) is 0 Å². The second-order valence-electron chi connectivity index (χ2n) is 4.73. The van der Waals surface area contributed by atoms with Crippen molar-refractivity contribution in [3.05, 3.63) is 0 Å². The van der Waals surface area contributed by atoms with Crippen LogP contribution in [0, 0.1) is 0 Å². The fourth-order valence-corrected chi connectivity index (χ4v) is 1.06.